The average Bonchev–Trinajstić information content (AvgIpc) is 2.45. The Morgan fingerprint density at radius 2 is 1.90 bits per heavy atom. The number of morpholine rings is 1. The van der Waals surface area contributed by atoms with Crippen molar-refractivity contribution in [2.45, 2.75) is 51.4 Å². The Kier molecular flexibility index (Phi) is 5.46. The minimum Gasteiger partial charge on any atom is -0.444 e. The van der Waals surface area contributed by atoms with Gasteiger partial charge in [-0.25, -0.2) is 4.79 Å². The molecular formula is C15H27NO5. The van der Waals surface area contributed by atoms with Crippen molar-refractivity contribution < 1.29 is 24.1 Å². The van der Waals surface area contributed by atoms with Crippen molar-refractivity contribution in [1.82, 2.24) is 4.90 Å². The zero-order chi connectivity index (χ0) is 15.5. The predicted molar refractivity (Wildman–Crippen MR) is 77.1 cm³/mol. The van der Waals surface area contributed by atoms with Gasteiger partial charge in [0.1, 0.15) is 5.60 Å². The summed E-state index contributed by atoms with van der Waals surface area (Å²) in [7, 11) is 0. The molecule has 0 aliphatic carbocycles. The predicted octanol–water partition coefficient (Wildman–Crippen LogP) is 1.41. The molecule has 2 unspecified atom stereocenters. The summed E-state index contributed by atoms with van der Waals surface area (Å²) >= 11 is 0. The van der Waals surface area contributed by atoms with E-state index < -0.39 is 11.7 Å². The van der Waals surface area contributed by atoms with E-state index in [4.69, 9.17) is 14.2 Å². The third-order valence-corrected chi connectivity index (χ3v) is 3.94. The van der Waals surface area contributed by atoms with Crippen LogP contribution in [0.1, 0.15) is 33.6 Å². The van der Waals surface area contributed by atoms with Crippen molar-refractivity contribution >= 4 is 6.09 Å². The number of nitrogens with zero attached hydrogens (tertiary/aromatic N) is 1. The second kappa shape index (κ2) is 6.94. The fraction of sp³-hybridized carbons (Fsp3) is 0.933. The van der Waals surface area contributed by atoms with Crippen molar-refractivity contribution in [3.05, 3.63) is 0 Å². The van der Waals surface area contributed by atoms with Gasteiger partial charge in [-0.15, -0.1) is 0 Å². The highest BCUT2D eigenvalue weighted by Gasteiger charge is 2.38. The molecule has 0 aromatic carbocycles. The minimum absolute atomic E-state index is 0.149. The van der Waals surface area contributed by atoms with E-state index in [0.29, 0.717) is 33.0 Å². The van der Waals surface area contributed by atoms with Gasteiger partial charge < -0.3 is 19.3 Å². The highest BCUT2D eigenvalue weighted by molar-refractivity contribution is 5.68. The highest BCUT2D eigenvalue weighted by atomic mass is 16.6. The number of rotatable bonds is 2. The molecule has 1 N–H and O–H groups in total. The fourth-order valence-electron chi connectivity index (χ4n) is 2.82. The lowest BCUT2D eigenvalue weighted by molar-refractivity contribution is -0.0915. The molecule has 0 radical (unpaired) electrons. The summed E-state index contributed by atoms with van der Waals surface area (Å²) < 4.78 is 16.2. The maximum absolute atomic E-state index is 12.3. The summed E-state index contributed by atoms with van der Waals surface area (Å²) in [5, 5.41) is 10.6. The molecule has 6 heteroatoms. The number of hydrogen-bond donors (Lipinski definition) is 1. The summed E-state index contributed by atoms with van der Waals surface area (Å²) in [6, 6.07) is -0.336. The normalized spacial score (nSPS) is 26.5. The summed E-state index contributed by atoms with van der Waals surface area (Å²) in [4.78, 5) is 13.9. The van der Waals surface area contributed by atoms with E-state index >= 15 is 0 Å². The zero-order valence-electron chi connectivity index (χ0n) is 13.2. The molecule has 0 aromatic heterocycles. The van der Waals surface area contributed by atoms with E-state index in [1.165, 1.54) is 0 Å². The minimum atomic E-state index is -0.596. The lowest BCUT2D eigenvalue weighted by Gasteiger charge is -2.41. The molecule has 0 bridgehead atoms. The topological polar surface area (TPSA) is 68.2 Å². The van der Waals surface area contributed by atoms with Gasteiger partial charge >= 0.3 is 6.09 Å². The van der Waals surface area contributed by atoms with Gasteiger partial charge in [0.05, 0.1) is 25.4 Å². The van der Waals surface area contributed by atoms with Crippen LogP contribution in [0.3, 0.4) is 0 Å². The lowest BCUT2D eigenvalue weighted by Crippen LogP contribution is -2.57. The number of carbonyl (C=O) groups is 1. The van der Waals surface area contributed by atoms with Crippen molar-refractivity contribution in [3.8, 4) is 0 Å². The Labute approximate surface area is 126 Å². The molecule has 2 heterocycles. The molecule has 21 heavy (non-hydrogen) atoms. The maximum Gasteiger partial charge on any atom is 0.410 e. The molecule has 2 atom stereocenters. The van der Waals surface area contributed by atoms with Crippen LogP contribution in [0.5, 0.6) is 0 Å². The van der Waals surface area contributed by atoms with Crippen LogP contribution in [0, 0.1) is 5.92 Å². The molecule has 2 saturated heterocycles. The molecule has 2 aliphatic heterocycles. The first-order valence-corrected chi connectivity index (χ1v) is 7.71. The van der Waals surface area contributed by atoms with Gasteiger partial charge in [0.2, 0.25) is 0 Å². The van der Waals surface area contributed by atoms with Gasteiger partial charge in [-0.1, -0.05) is 0 Å². The van der Waals surface area contributed by atoms with Gasteiger partial charge in [0, 0.05) is 19.8 Å². The number of ether oxygens (including phenoxy) is 3. The summed E-state index contributed by atoms with van der Waals surface area (Å²) in [5.41, 5.74) is -0.538. The van der Waals surface area contributed by atoms with Gasteiger partial charge in [0.15, 0.2) is 0 Å². The van der Waals surface area contributed by atoms with Crippen LogP contribution >= 0.6 is 0 Å². The Morgan fingerprint density at radius 1 is 1.24 bits per heavy atom. The first kappa shape index (κ1) is 16.5. The highest BCUT2D eigenvalue weighted by Crippen LogP contribution is 2.25. The number of amides is 1. The molecule has 1 amide bonds. The maximum atomic E-state index is 12.3. The molecule has 0 spiro atoms. The van der Waals surface area contributed by atoms with Gasteiger partial charge in [-0.2, -0.15) is 0 Å². The van der Waals surface area contributed by atoms with Crippen LogP contribution in [0.2, 0.25) is 0 Å². The Morgan fingerprint density at radius 3 is 2.52 bits per heavy atom. The monoisotopic (exact) mass is 301 g/mol. The number of hydrogen-bond acceptors (Lipinski definition) is 5. The van der Waals surface area contributed by atoms with Crippen LogP contribution < -0.4 is 0 Å². The SMILES string of the molecule is CC(C)(C)OC(=O)N1CCOCC1C(O)C1CCOCC1. The van der Waals surface area contributed by atoms with Crippen molar-refractivity contribution in [2.75, 3.05) is 33.0 Å². The summed E-state index contributed by atoms with van der Waals surface area (Å²) in [6.45, 7) is 8.16. The van der Waals surface area contributed by atoms with Crippen LogP contribution in [-0.2, 0) is 14.2 Å². The van der Waals surface area contributed by atoms with Crippen LogP contribution in [-0.4, -0.2) is 66.8 Å². The van der Waals surface area contributed by atoms with E-state index in [0.717, 1.165) is 12.8 Å². The van der Waals surface area contributed by atoms with Crippen molar-refractivity contribution in [1.29, 1.82) is 0 Å². The average molecular weight is 301 g/mol. The molecule has 2 aliphatic rings. The quantitative estimate of drug-likeness (QED) is 0.835. The van der Waals surface area contributed by atoms with E-state index in [1.807, 2.05) is 20.8 Å². The molecule has 2 rings (SSSR count). The zero-order valence-corrected chi connectivity index (χ0v) is 13.2. The van der Waals surface area contributed by atoms with E-state index in [2.05, 4.69) is 0 Å². The van der Waals surface area contributed by atoms with Gasteiger partial charge in [-0.3, -0.25) is 4.90 Å². The Bertz CT molecular complexity index is 348. The Balaban J connectivity index is 2.02. The summed E-state index contributed by atoms with van der Waals surface area (Å²) in [5.74, 6) is 0.149. The second-order valence-corrected chi connectivity index (χ2v) is 6.76. The number of aliphatic hydroxyl groups is 1. The first-order valence-electron chi connectivity index (χ1n) is 7.71. The lowest BCUT2D eigenvalue weighted by atomic mass is 9.88. The van der Waals surface area contributed by atoms with E-state index in [1.54, 1.807) is 4.90 Å². The third kappa shape index (κ3) is 4.56. The van der Waals surface area contributed by atoms with E-state index in [9.17, 15) is 9.90 Å². The van der Waals surface area contributed by atoms with Gasteiger partial charge in [0.25, 0.3) is 0 Å². The third-order valence-electron chi connectivity index (χ3n) is 3.94. The molecule has 0 saturated carbocycles. The second-order valence-electron chi connectivity index (χ2n) is 6.76. The smallest absolute Gasteiger partial charge is 0.410 e. The molecular weight excluding hydrogens is 274 g/mol. The molecule has 6 nitrogen and oxygen atoms in total. The standard InChI is InChI=1S/C15H27NO5/c1-15(2,3)21-14(18)16-6-9-20-10-12(16)13(17)11-4-7-19-8-5-11/h11-13,17H,4-10H2,1-3H3. The van der Waals surface area contributed by atoms with E-state index in [-0.39, 0.29) is 18.1 Å². The molecule has 122 valence electrons. The molecule has 2 fully saturated rings. The molecule has 0 aromatic rings. The summed E-state index contributed by atoms with van der Waals surface area (Å²) in [6.07, 6.45) is 0.670. The first-order chi connectivity index (χ1) is 9.88. The van der Waals surface area contributed by atoms with Crippen LogP contribution in [0.4, 0.5) is 4.79 Å². The number of carbonyl (C=O) groups excluding carboxylic acids is 1. The van der Waals surface area contributed by atoms with Gasteiger partial charge in [-0.05, 0) is 39.5 Å². The van der Waals surface area contributed by atoms with Crippen LogP contribution in [0.15, 0.2) is 0 Å². The largest absolute Gasteiger partial charge is 0.444 e. The Hall–Kier alpha value is -0.850. The van der Waals surface area contributed by atoms with Crippen molar-refractivity contribution in [3.63, 3.8) is 0 Å². The number of aliphatic hydroxyl groups excluding tert-OH is 1. The van der Waals surface area contributed by atoms with Crippen molar-refractivity contribution in [2.24, 2.45) is 5.92 Å². The fourth-order valence-corrected chi connectivity index (χ4v) is 2.82. The van der Waals surface area contributed by atoms with Crippen LogP contribution in [0.25, 0.3) is 0 Å².